The third-order valence-corrected chi connectivity index (χ3v) is 2.53. The number of esters is 1. The van der Waals surface area contributed by atoms with Gasteiger partial charge in [0, 0.05) is 12.6 Å². The monoisotopic (exact) mass is 219 g/mol. The Hall–Kier alpha value is -0.220. The smallest absolute Gasteiger partial charge is 0.307 e. The standard InChI is InChI=1S/C10H21NO2S/c1-4-13-10(12)5-7-11-9(2)6-8-14-3/h9,11H,4-8H2,1-3H3. The van der Waals surface area contributed by atoms with Crippen molar-refractivity contribution in [3.8, 4) is 0 Å². The SMILES string of the molecule is CCOC(=O)CCNC(C)CCSC. The third-order valence-electron chi connectivity index (χ3n) is 1.88. The van der Waals surface area contributed by atoms with Crippen LogP contribution in [0.25, 0.3) is 0 Å². The highest BCUT2D eigenvalue weighted by Gasteiger charge is 2.03. The fourth-order valence-electron chi connectivity index (χ4n) is 1.05. The van der Waals surface area contributed by atoms with Gasteiger partial charge in [0.05, 0.1) is 13.0 Å². The third kappa shape index (κ3) is 8.38. The van der Waals surface area contributed by atoms with Crippen LogP contribution in [0.15, 0.2) is 0 Å². The molecule has 4 heteroatoms. The van der Waals surface area contributed by atoms with Crippen LogP contribution in [0, 0.1) is 0 Å². The number of carbonyl (C=O) groups is 1. The summed E-state index contributed by atoms with van der Waals surface area (Å²) in [5.41, 5.74) is 0. The predicted octanol–water partition coefficient (Wildman–Crippen LogP) is 1.67. The fraction of sp³-hybridized carbons (Fsp3) is 0.900. The van der Waals surface area contributed by atoms with Gasteiger partial charge in [-0.2, -0.15) is 11.8 Å². The number of thioether (sulfide) groups is 1. The quantitative estimate of drug-likeness (QED) is 0.630. The summed E-state index contributed by atoms with van der Waals surface area (Å²) in [5.74, 6) is 1.05. The largest absolute Gasteiger partial charge is 0.466 e. The first-order valence-corrected chi connectivity index (χ1v) is 6.48. The first-order chi connectivity index (χ1) is 6.70. The average Bonchev–Trinajstić information content (AvgIpc) is 2.15. The van der Waals surface area contributed by atoms with E-state index in [4.69, 9.17) is 4.74 Å². The van der Waals surface area contributed by atoms with E-state index in [1.807, 2.05) is 18.7 Å². The maximum Gasteiger partial charge on any atom is 0.307 e. The van der Waals surface area contributed by atoms with Crippen molar-refractivity contribution in [2.75, 3.05) is 25.2 Å². The van der Waals surface area contributed by atoms with Crippen molar-refractivity contribution in [2.45, 2.75) is 32.7 Å². The Morgan fingerprint density at radius 3 is 2.86 bits per heavy atom. The van der Waals surface area contributed by atoms with Crippen LogP contribution in [-0.2, 0) is 9.53 Å². The van der Waals surface area contributed by atoms with Crippen molar-refractivity contribution >= 4 is 17.7 Å². The minimum Gasteiger partial charge on any atom is -0.466 e. The van der Waals surface area contributed by atoms with E-state index in [1.54, 1.807) is 0 Å². The van der Waals surface area contributed by atoms with Gasteiger partial charge in [0.25, 0.3) is 0 Å². The highest BCUT2D eigenvalue weighted by atomic mass is 32.2. The molecule has 0 aromatic carbocycles. The van der Waals surface area contributed by atoms with Crippen molar-refractivity contribution in [3.63, 3.8) is 0 Å². The molecule has 0 spiro atoms. The molecule has 3 nitrogen and oxygen atoms in total. The molecule has 0 aromatic rings. The molecule has 0 heterocycles. The summed E-state index contributed by atoms with van der Waals surface area (Å²) in [6.07, 6.45) is 3.72. The summed E-state index contributed by atoms with van der Waals surface area (Å²) >= 11 is 1.85. The molecule has 0 aliphatic carbocycles. The second kappa shape index (κ2) is 9.34. The van der Waals surface area contributed by atoms with Gasteiger partial charge >= 0.3 is 5.97 Å². The highest BCUT2D eigenvalue weighted by molar-refractivity contribution is 7.98. The molecule has 0 aliphatic rings. The molecule has 0 fully saturated rings. The van der Waals surface area contributed by atoms with Crippen LogP contribution in [0.5, 0.6) is 0 Å². The average molecular weight is 219 g/mol. The zero-order chi connectivity index (χ0) is 10.8. The number of carbonyl (C=O) groups excluding carboxylic acids is 1. The Balaban J connectivity index is 3.29. The maximum absolute atomic E-state index is 11.0. The van der Waals surface area contributed by atoms with Crippen LogP contribution in [0.4, 0.5) is 0 Å². The molecule has 0 aromatic heterocycles. The summed E-state index contributed by atoms with van der Waals surface area (Å²) < 4.78 is 4.82. The Labute approximate surface area is 91.0 Å². The topological polar surface area (TPSA) is 38.3 Å². The number of hydrogen-bond donors (Lipinski definition) is 1. The fourth-order valence-corrected chi connectivity index (χ4v) is 1.64. The van der Waals surface area contributed by atoms with Crippen LogP contribution in [0.2, 0.25) is 0 Å². The van der Waals surface area contributed by atoms with Gasteiger partial charge in [0.2, 0.25) is 0 Å². The van der Waals surface area contributed by atoms with Crippen molar-refractivity contribution in [2.24, 2.45) is 0 Å². The minimum absolute atomic E-state index is 0.114. The van der Waals surface area contributed by atoms with Crippen molar-refractivity contribution in [3.05, 3.63) is 0 Å². The molecule has 0 amide bonds. The molecule has 14 heavy (non-hydrogen) atoms. The summed E-state index contributed by atoms with van der Waals surface area (Å²) in [4.78, 5) is 11.0. The van der Waals surface area contributed by atoms with Gasteiger partial charge in [-0.15, -0.1) is 0 Å². The van der Waals surface area contributed by atoms with Crippen molar-refractivity contribution in [1.29, 1.82) is 0 Å². The van der Waals surface area contributed by atoms with Crippen LogP contribution < -0.4 is 5.32 Å². The van der Waals surface area contributed by atoms with E-state index in [9.17, 15) is 4.79 Å². The maximum atomic E-state index is 11.0. The molecule has 1 N–H and O–H groups in total. The molecule has 0 saturated carbocycles. The van der Waals surface area contributed by atoms with Gasteiger partial charge < -0.3 is 10.1 Å². The molecule has 0 radical (unpaired) electrons. The van der Waals surface area contributed by atoms with Crippen LogP contribution in [-0.4, -0.2) is 37.2 Å². The second-order valence-corrected chi connectivity index (χ2v) is 4.18. The lowest BCUT2D eigenvalue weighted by atomic mass is 10.2. The van der Waals surface area contributed by atoms with E-state index in [0.717, 1.165) is 12.2 Å². The van der Waals surface area contributed by atoms with Crippen LogP contribution in [0.3, 0.4) is 0 Å². The van der Waals surface area contributed by atoms with Gasteiger partial charge in [-0.1, -0.05) is 0 Å². The van der Waals surface area contributed by atoms with Gasteiger partial charge in [-0.25, -0.2) is 0 Å². The Morgan fingerprint density at radius 2 is 2.29 bits per heavy atom. The lowest BCUT2D eigenvalue weighted by molar-refractivity contribution is -0.142. The molecular weight excluding hydrogens is 198 g/mol. The normalized spacial score (nSPS) is 12.5. The van der Waals surface area contributed by atoms with Gasteiger partial charge in [0.15, 0.2) is 0 Å². The number of rotatable bonds is 8. The summed E-state index contributed by atoms with van der Waals surface area (Å²) in [7, 11) is 0. The summed E-state index contributed by atoms with van der Waals surface area (Å²) in [6.45, 7) is 5.16. The first kappa shape index (κ1) is 13.8. The van der Waals surface area contributed by atoms with Crippen LogP contribution >= 0.6 is 11.8 Å². The molecular formula is C10H21NO2S. The van der Waals surface area contributed by atoms with E-state index >= 15 is 0 Å². The van der Waals surface area contributed by atoms with E-state index in [-0.39, 0.29) is 5.97 Å². The molecule has 0 aliphatic heterocycles. The van der Waals surface area contributed by atoms with E-state index in [1.165, 1.54) is 0 Å². The van der Waals surface area contributed by atoms with Gasteiger partial charge in [-0.05, 0) is 32.3 Å². The van der Waals surface area contributed by atoms with Crippen molar-refractivity contribution < 1.29 is 9.53 Å². The zero-order valence-electron chi connectivity index (χ0n) is 9.34. The molecule has 1 unspecified atom stereocenters. The lowest BCUT2D eigenvalue weighted by Gasteiger charge is -2.12. The molecule has 0 rings (SSSR count). The number of ether oxygens (including phenoxy) is 1. The second-order valence-electron chi connectivity index (χ2n) is 3.19. The number of hydrogen-bond acceptors (Lipinski definition) is 4. The van der Waals surface area contributed by atoms with E-state index in [2.05, 4.69) is 18.5 Å². The van der Waals surface area contributed by atoms with E-state index < -0.39 is 0 Å². The molecule has 0 bridgehead atoms. The molecule has 0 saturated heterocycles. The first-order valence-electron chi connectivity index (χ1n) is 5.08. The Morgan fingerprint density at radius 1 is 1.57 bits per heavy atom. The lowest BCUT2D eigenvalue weighted by Crippen LogP contribution is -2.29. The Kier molecular flexibility index (Phi) is 9.19. The summed E-state index contributed by atoms with van der Waals surface area (Å²) in [5, 5.41) is 3.29. The van der Waals surface area contributed by atoms with Gasteiger partial charge in [-0.3, -0.25) is 4.79 Å². The number of nitrogens with one attached hydrogen (secondary N) is 1. The molecule has 1 atom stereocenters. The van der Waals surface area contributed by atoms with Crippen molar-refractivity contribution in [1.82, 2.24) is 5.32 Å². The zero-order valence-corrected chi connectivity index (χ0v) is 10.2. The van der Waals surface area contributed by atoms with Gasteiger partial charge in [0.1, 0.15) is 0 Å². The summed E-state index contributed by atoms with van der Waals surface area (Å²) in [6, 6.07) is 0.483. The van der Waals surface area contributed by atoms with E-state index in [0.29, 0.717) is 25.6 Å². The minimum atomic E-state index is -0.114. The van der Waals surface area contributed by atoms with Crippen LogP contribution in [0.1, 0.15) is 26.7 Å². The predicted molar refractivity (Wildman–Crippen MR) is 61.7 cm³/mol. The molecule has 84 valence electrons. The highest BCUT2D eigenvalue weighted by Crippen LogP contribution is 1.99. The Bertz CT molecular complexity index is 153.